The molecule has 0 atom stereocenters. The first kappa shape index (κ1) is 15.4. The van der Waals surface area contributed by atoms with Gasteiger partial charge in [-0.2, -0.15) is 5.10 Å². The molecule has 2 aromatic carbocycles. The fourth-order valence-electron chi connectivity index (χ4n) is 2.38. The van der Waals surface area contributed by atoms with E-state index in [1.807, 2.05) is 0 Å². The Hall–Kier alpha value is -3.48. The van der Waals surface area contributed by atoms with E-state index >= 15 is 0 Å². The third-order valence-corrected chi connectivity index (χ3v) is 3.60. The maximum atomic E-state index is 12.5. The SMILES string of the molecule is Cn1nc(C(=O)Nc2ccc(C(N)=O)cc2)c(=O)c2ccccc21. The molecule has 0 aliphatic rings. The van der Waals surface area contributed by atoms with Gasteiger partial charge in [0.05, 0.1) is 5.52 Å². The molecule has 2 amide bonds. The molecule has 7 nitrogen and oxygen atoms in total. The molecule has 1 aromatic heterocycles. The number of amides is 2. The number of nitrogens with zero attached hydrogens (tertiary/aromatic N) is 2. The molecular formula is C17H14N4O3. The summed E-state index contributed by atoms with van der Waals surface area (Å²) in [6.45, 7) is 0. The lowest BCUT2D eigenvalue weighted by atomic mass is 10.2. The lowest BCUT2D eigenvalue weighted by Gasteiger charge is -2.08. The Kier molecular flexibility index (Phi) is 3.83. The predicted octanol–water partition coefficient (Wildman–Crippen LogP) is 1.28. The summed E-state index contributed by atoms with van der Waals surface area (Å²) in [6.07, 6.45) is 0. The Morgan fingerprint density at radius 3 is 2.42 bits per heavy atom. The van der Waals surface area contributed by atoms with Gasteiger partial charge in [-0.1, -0.05) is 12.1 Å². The van der Waals surface area contributed by atoms with Crippen LogP contribution in [-0.4, -0.2) is 21.6 Å². The zero-order chi connectivity index (χ0) is 17.3. The largest absolute Gasteiger partial charge is 0.366 e. The van der Waals surface area contributed by atoms with Gasteiger partial charge in [0.15, 0.2) is 5.69 Å². The van der Waals surface area contributed by atoms with Gasteiger partial charge in [0, 0.05) is 23.7 Å². The van der Waals surface area contributed by atoms with E-state index in [0.29, 0.717) is 22.2 Å². The number of para-hydroxylation sites is 1. The minimum Gasteiger partial charge on any atom is -0.366 e. The van der Waals surface area contributed by atoms with Crippen molar-refractivity contribution in [1.82, 2.24) is 9.78 Å². The predicted molar refractivity (Wildman–Crippen MR) is 89.9 cm³/mol. The number of aromatic nitrogens is 2. The first-order valence-corrected chi connectivity index (χ1v) is 7.14. The highest BCUT2D eigenvalue weighted by atomic mass is 16.2. The zero-order valence-electron chi connectivity index (χ0n) is 12.8. The van der Waals surface area contributed by atoms with Crippen molar-refractivity contribution in [2.24, 2.45) is 12.8 Å². The van der Waals surface area contributed by atoms with E-state index in [1.165, 1.54) is 28.9 Å². The lowest BCUT2D eigenvalue weighted by molar-refractivity contribution is 0.0997. The van der Waals surface area contributed by atoms with Crippen molar-refractivity contribution in [3.8, 4) is 0 Å². The van der Waals surface area contributed by atoms with Crippen LogP contribution >= 0.6 is 0 Å². The van der Waals surface area contributed by atoms with E-state index in [0.717, 1.165) is 0 Å². The highest BCUT2D eigenvalue weighted by Gasteiger charge is 2.16. The summed E-state index contributed by atoms with van der Waals surface area (Å²) in [4.78, 5) is 35.9. The summed E-state index contributed by atoms with van der Waals surface area (Å²) in [5.74, 6) is -1.17. The van der Waals surface area contributed by atoms with Crippen LogP contribution in [0.1, 0.15) is 20.8 Å². The summed E-state index contributed by atoms with van der Waals surface area (Å²) in [5, 5.41) is 7.07. The number of rotatable bonds is 3. The minimum atomic E-state index is -0.617. The monoisotopic (exact) mass is 322 g/mol. The van der Waals surface area contributed by atoms with Crippen molar-refractivity contribution in [2.75, 3.05) is 5.32 Å². The fraction of sp³-hybridized carbons (Fsp3) is 0.0588. The zero-order valence-corrected chi connectivity index (χ0v) is 12.8. The van der Waals surface area contributed by atoms with E-state index in [-0.39, 0.29) is 5.69 Å². The van der Waals surface area contributed by atoms with Gasteiger partial charge in [0.25, 0.3) is 5.91 Å². The van der Waals surface area contributed by atoms with Gasteiger partial charge < -0.3 is 11.1 Å². The van der Waals surface area contributed by atoms with Crippen molar-refractivity contribution in [1.29, 1.82) is 0 Å². The summed E-state index contributed by atoms with van der Waals surface area (Å²) in [5.41, 5.74) is 5.93. The van der Waals surface area contributed by atoms with E-state index < -0.39 is 17.2 Å². The van der Waals surface area contributed by atoms with Gasteiger partial charge in [-0.25, -0.2) is 0 Å². The number of hydrogen-bond acceptors (Lipinski definition) is 4. The molecule has 3 aromatic rings. The third kappa shape index (κ3) is 2.74. The molecule has 24 heavy (non-hydrogen) atoms. The van der Waals surface area contributed by atoms with Crippen molar-refractivity contribution in [2.45, 2.75) is 0 Å². The van der Waals surface area contributed by atoms with Crippen LogP contribution in [0.4, 0.5) is 5.69 Å². The number of benzene rings is 2. The Morgan fingerprint density at radius 1 is 1.08 bits per heavy atom. The molecule has 0 unspecified atom stereocenters. The molecule has 1 heterocycles. The van der Waals surface area contributed by atoms with Crippen LogP contribution in [0.3, 0.4) is 0 Å². The molecule has 3 rings (SSSR count). The highest BCUT2D eigenvalue weighted by molar-refractivity contribution is 6.04. The number of primary amides is 1. The van der Waals surface area contributed by atoms with E-state index in [2.05, 4.69) is 10.4 Å². The molecular weight excluding hydrogens is 308 g/mol. The number of nitrogens with two attached hydrogens (primary N) is 1. The summed E-state index contributed by atoms with van der Waals surface area (Å²) >= 11 is 0. The molecule has 0 radical (unpaired) electrons. The van der Waals surface area contributed by atoms with Gasteiger partial charge in [-0.05, 0) is 36.4 Å². The first-order valence-electron chi connectivity index (χ1n) is 7.14. The van der Waals surface area contributed by atoms with Crippen molar-refractivity contribution in [3.05, 3.63) is 70.0 Å². The standard InChI is InChI=1S/C17H14N4O3/c1-21-13-5-3-2-4-12(13)15(22)14(20-21)17(24)19-11-8-6-10(7-9-11)16(18)23/h2-9H,1H3,(H2,18,23)(H,19,24). The number of fused-ring (bicyclic) bond motifs is 1. The molecule has 3 N–H and O–H groups in total. The second-order valence-electron chi connectivity index (χ2n) is 5.21. The maximum absolute atomic E-state index is 12.5. The number of carbonyl (C=O) groups is 2. The number of hydrogen-bond donors (Lipinski definition) is 2. The van der Waals surface area contributed by atoms with Crippen molar-refractivity contribution in [3.63, 3.8) is 0 Å². The Labute approximate surface area is 136 Å². The third-order valence-electron chi connectivity index (χ3n) is 3.60. The molecule has 0 fully saturated rings. The van der Waals surface area contributed by atoms with Gasteiger partial charge in [-0.3, -0.25) is 19.1 Å². The quantitative estimate of drug-likeness (QED) is 0.757. The average molecular weight is 322 g/mol. The van der Waals surface area contributed by atoms with Crippen molar-refractivity contribution < 1.29 is 9.59 Å². The maximum Gasteiger partial charge on any atom is 0.280 e. The molecule has 0 saturated heterocycles. The average Bonchev–Trinajstić information content (AvgIpc) is 2.58. The van der Waals surface area contributed by atoms with Gasteiger partial charge in [0.1, 0.15) is 0 Å². The van der Waals surface area contributed by atoms with Gasteiger partial charge in [-0.15, -0.1) is 0 Å². The van der Waals surface area contributed by atoms with Crippen LogP contribution in [0.25, 0.3) is 10.9 Å². The van der Waals surface area contributed by atoms with Gasteiger partial charge in [0.2, 0.25) is 11.3 Å². The summed E-state index contributed by atoms with van der Waals surface area (Å²) in [6, 6.07) is 13.0. The number of anilines is 1. The van der Waals surface area contributed by atoms with E-state index in [4.69, 9.17) is 5.73 Å². The number of carbonyl (C=O) groups excluding carboxylic acids is 2. The normalized spacial score (nSPS) is 10.5. The minimum absolute atomic E-state index is 0.199. The molecule has 0 bridgehead atoms. The Bertz CT molecular complexity index is 1010. The fourth-order valence-corrected chi connectivity index (χ4v) is 2.38. The second-order valence-corrected chi connectivity index (χ2v) is 5.21. The van der Waals surface area contributed by atoms with E-state index in [1.54, 1.807) is 31.3 Å². The van der Waals surface area contributed by atoms with E-state index in [9.17, 15) is 14.4 Å². The van der Waals surface area contributed by atoms with Gasteiger partial charge >= 0.3 is 0 Å². The molecule has 0 aliphatic carbocycles. The Balaban J connectivity index is 1.95. The molecule has 0 aliphatic heterocycles. The van der Waals surface area contributed by atoms with Crippen LogP contribution in [0.2, 0.25) is 0 Å². The molecule has 120 valence electrons. The second kappa shape index (κ2) is 5.96. The van der Waals surface area contributed by atoms with Crippen LogP contribution in [0.15, 0.2) is 53.3 Å². The van der Waals surface area contributed by atoms with Crippen LogP contribution in [-0.2, 0) is 7.05 Å². The summed E-state index contributed by atoms with van der Waals surface area (Å²) in [7, 11) is 1.67. The number of nitrogens with one attached hydrogen (secondary N) is 1. The first-order chi connectivity index (χ1) is 11.5. The van der Waals surface area contributed by atoms with Crippen molar-refractivity contribution >= 4 is 28.4 Å². The van der Waals surface area contributed by atoms with Crippen LogP contribution in [0.5, 0.6) is 0 Å². The molecule has 7 heteroatoms. The molecule has 0 spiro atoms. The smallest absolute Gasteiger partial charge is 0.280 e. The topological polar surface area (TPSA) is 107 Å². The summed E-state index contributed by atoms with van der Waals surface area (Å²) < 4.78 is 1.49. The Morgan fingerprint density at radius 2 is 1.75 bits per heavy atom. The highest BCUT2D eigenvalue weighted by Crippen LogP contribution is 2.12. The van der Waals surface area contributed by atoms with Crippen LogP contribution in [0, 0.1) is 0 Å². The lowest BCUT2D eigenvalue weighted by Crippen LogP contribution is -2.26. The number of aryl methyl sites for hydroxylation is 1. The molecule has 0 saturated carbocycles. The van der Waals surface area contributed by atoms with Crippen LogP contribution < -0.4 is 16.5 Å².